The first-order valence-electron chi connectivity index (χ1n) is 8.85. The highest BCUT2D eigenvalue weighted by Crippen LogP contribution is 2.42. The lowest BCUT2D eigenvalue weighted by molar-refractivity contribution is -0.137. The minimum atomic E-state index is -4.33. The van der Waals surface area contributed by atoms with Crippen LogP contribution < -0.4 is 4.90 Å². The third-order valence-electron chi connectivity index (χ3n) is 5.28. The van der Waals surface area contributed by atoms with Crippen molar-refractivity contribution < 1.29 is 13.2 Å². The van der Waals surface area contributed by atoms with E-state index in [9.17, 15) is 13.2 Å². The minimum absolute atomic E-state index is 0.426. The Morgan fingerprint density at radius 1 is 1.07 bits per heavy atom. The molecule has 1 aromatic carbocycles. The smallest absolute Gasteiger partial charge is 0.347 e. The lowest BCUT2D eigenvalue weighted by atomic mass is 9.88. The van der Waals surface area contributed by atoms with Gasteiger partial charge in [-0.15, -0.1) is 5.10 Å². The van der Waals surface area contributed by atoms with Gasteiger partial charge in [-0.25, -0.2) is 4.98 Å². The topological polar surface area (TPSA) is 46.3 Å². The second-order valence-electron chi connectivity index (χ2n) is 7.23. The number of anilines is 1. The van der Waals surface area contributed by atoms with E-state index < -0.39 is 17.3 Å². The molecule has 0 radical (unpaired) electrons. The monoisotopic (exact) mass is 375 g/mol. The number of halogens is 3. The molecule has 0 spiro atoms. The van der Waals surface area contributed by atoms with E-state index in [1.165, 1.54) is 0 Å². The van der Waals surface area contributed by atoms with E-state index in [4.69, 9.17) is 0 Å². The number of hydrogen-bond donors (Lipinski definition) is 0. The Morgan fingerprint density at radius 2 is 1.78 bits per heavy atom. The van der Waals surface area contributed by atoms with Gasteiger partial charge in [0.05, 0.1) is 11.1 Å². The summed E-state index contributed by atoms with van der Waals surface area (Å²) in [6.07, 6.45) is -2.55. The molecule has 4 rings (SSSR count). The summed E-state index contributed by atoms with van der Waals surface area (Å²) in [6.45, 7) is 6.56. The summed E-state index contributed by atoms with van der Waals surface area (Å²) in [7, 11) is 0. The molecular weight excluding hydrogens is 355 g/mol. The Labute approximate surface area is 154 Å². The Balaban J connectivity index is 1.80. The first kappa shape index (κ1) is 17.8. The van der Waals surface area contributed by atoms with Crippen molar-refractivity contribution >= 4 is 11.6 Å². The van der Waals surface area contributed by atoms with Crippen molar-refractivity contribution in [2.45, 2.75) is 45.3 Å². The zero-order chi connectivity index (χ0) is 19.4. The van der Waals surface area contributed by atoms with E-state index in [1.54, 1.807) is 16.6 Å². The second kappa shape index (κ2) is 5.94. The maximum atomic E-state index is 12.9. The van der Waals surface area contributed by atoms with E-state index in [0.717, 1.165) is 48.6 Å². The van der Waals surface area contributed by atoms with Crippen molar-refractivity contribution in [3.63, 3.8) is 0 Å². The van der Waals surface area contributed by atoms with Gasteiger partial charge in [-0.2, -0.15) is 22.7 Å². The van der Waals surface area contributed by atoms with Crippen LogP contribution in [0.15, 0.2) is 30.3 Å². The van der Waals surface area contributed by atoms with Gasteiger partial charge in [0.25, 0.3) is 5.78 Å². The molecule has 3 heterocycles. The number of aromatic nitrogens is 4. The first-order valence-corrected chi connectivity index (χ1v) is 8.85. The van der Waals surface area contributed by atoms with Crippen LogP contribution >= 0.6 is 0 Å². The normalized spacial score (nSPS) is 20.6. The van der Waals surface area contributed by atoms with Crippen LogP contribution in [0.4, 0.5) is 19.0 Å². The van der Waals surface area contributed by atoms with Crippen molar-refractivity contribution in [2.24, 2.45) is 0 Å². The molecule has 3 aromatic rings. The standard InChI is InChI=1S/C19H20F3N5/c1-12-11-16(27-17(23-12)24-13(2)25-27)26-10-4-9-18(26,3)14-5-7-15(8-6-14)19(20,21)22/h5-8,11H,4,9-10H2,1-3H3. The van der Waals surface area contributed by atoms with Gasteiger partial charge in [-0.1, -0.05) is 12.1 Å². The van der Waals surface area contributed by atoms with Gasteiger partial charge in [0.15, 0.2) is 0 Å². The SMILES string of the molecule is Cc1cc(N2CCCC2(C)c2ccc(C(F)(F)F)cc2)n2nc(C)nc2n1. The molecule has 0 amide bonds. The minimum Gasteiger partial charge on any atom is -0.347 e. The Morgan fingerprint density at radius 3 is 2.44 bits per heavy atom. The Hall–Kier alpha value is -2.64. The lowest BCUT2D eigenvalue weighted by Gasteiger charge is -2.37. The zero-order valence-corrected chi connectivity index (χ0v) is 15.4. The highest BCUT2D eigenvalue weighted by Gasteiger charge is 2.40. The van der Waals surface area contributed by atoms with Gasteiger partial charge in [-0.05, 0) is 51.3 Å². The van der Waals surface area contributed by atoms with E-state index in [1.807, 2.05) is 19.9 Å². The molecule has 0 N–H and O–H groups in total. The molecule has 1 saturated heterocycles. The molecule has 1 unspecified atom stereocenters. The van der Waals surface area contributed by atoms with E-state index in [0.29, 0.717) is 11.6 Å². The second-order valence-corrected chi connectivity index (χ2v) is 7.23. The van der Waals surface area contributed by atoms with Crippen molar-refractivity contribution in [2.75, 3.05) is 11.4 Å². The first-order chi connectivity index (χ1) is 12.7. The highest BCUT2D eigenvalue weighted by atomic mass is 19.4. The largest absolute Gasteiger partial charge is 0.416 e. The summed E-state index contributed by atoms with van der Waals surface area (Å²) >= 11 is 0. The molecule has 1 fully saturated rings. The number of aryl methyl sites for hydroxylation is 2. The molecule has 27 heavy (non-hydrogen) atoms. The third-order valence-corrected chi connectivity index (χ3v) is 5.28. The van der Waals surface area contributed by atoms with Crippen LogP contribution in [-0.2, 0) is 11.7 Å². The predicted octanol–water partition coefficient (Wildman–Crippen LogP) is 4.28. The number of benzene rings is 1. The Bertz CT molecular complexity index is 993. The van der Waals surface area contributed by atoms with Gasteiger partial charge in [0.1, 0.15) is 11.6 Å². The molecule has 2 aromatic heterocycles. The van der Waals surface area contributed by atoms with Crippen molar-refractivity contribution in [3.8, 4) is 0 Å². The molecule has 1 aliphatic rings. The van der Waals surface area contributed by atoms with Gasteiger partial charge in [0.2, 0.25) is 0 Å². The number of hydrogen-bond acceptors (Lipinski definition) is 4. The van der Waals surface area contributed by atoms with Crippen molar-refractivity contribution in [3.05, 3.63) is 53.0 Å². The summed E-state index contributed by atoms with van der Waals surface area (Å²) in [5.41, 5.74) is 0.623. The predicted molar refractivity (Wildman–Crippen MR) is 95.6 cm³/mol. The van der Waals surface area contributed by atoms with Crippen LogP contribution in [-0.4, -0.2) is 26.1 Å². The summed E-state index contributed by atoms with van der Waals surface area (Å²) in [5.74, 6) is 2.02. The summed E-state index contributed by atoms with van der Waals surface area (Å²) in [5, 5.41) is 4.46. The Kier molecular flexibility index (Phi) is 3.90. The van der Waals surface area contributed by atoms with Crippen LogP contribution in [0.25, 0.3) is 5.78 Å². The molecular formula is C19H20F3N5. The average molecular weight is 375 g/mol. The maximum absolute atomic E-state index is 12.9. The van der Waals surface area contributed by atoms with Gasteiger partial charge in [-0.3, -0.25) is 0 Å². The molecule has 142 valence electrons. The fourth-order valence-electron chi connectivity index (χ4n) is 3.91. The van der Waals surface area contributed by atoms with Gasteiger partial charge in [0, 0.05) is 18.3 Å². The molecule has 0 aliphatic carbocycles. The summed E-state index contributed by atoms with van der Waals surface area (Å²) in [6, 6.07) is 7.43. The number of rotatable bonds is 2. The number of alkyl halides is 3. The van der Waals surface area contributed by atoms with Crippen LogP contribution in [0.3, 0.4) is 0 Å². The molecule has 1 aliphatic heterocycles. The average Bonchev–Trinajstić information content (AvgIpc) is 3.16. The van der Waals surface area contributed by atoms with Gasteiger partial charge < -0.3 is 4.90 Å². The summed E-state index contributed by atoms with van der Waals surface area (Å²) < 4.78 is 40.5. The lowest BCUT2D eigenvalue weighted by Crippen LogP contribution is -2.40. The van der Waals surface area contributed by atoms with Crippen molar-refractivity contribution in [1.82, 2.24) is 19.6 Å². The van der Waals surface area contributed by atoms with Crippen LogP contribution in [0.5, 0.6) is 0 Å². The fourth-order valence-corrected chi connectivity index (χ4v) is 3.91. The fraction of sp³-hybridized carbons (Fsp3) is 0.421. The highest BCUT2D eigenvalue weighted by molar-refractivity contribution is 5.53. The molecule has 1 atom stereocenters. The molecule has 0 saturated carbocycles. The van der Waals surface area contributed by atoms with Crippen molar-refractivity contribution in [1.29, 1.82) is 0 Å². The quantitative estimate of drug-likeness (QED) is 0.671. The number of nitrogens with zero attached hydrogens (tertiary/aromatic N) is 5. The van der Waals surface area contributed by atoms with Crippen LogP contribution in [0.1, 0.15) is 42.4 Å². The molecule has 8 heteroatoms. The van der Waals surface area contributed by atoms with Crippen LogP contribution in [0.2, 0.25) is 0 Å². The summed E-state index contributed by atoms with van der Waals surface area (Å²) in [4.78, 5) is 11.0. The van der Waals surface area contributed by atoms with E-state index in [2.05, 4.69) is 26.9 Å². The molecule has 5 nitrogen and oxygen atoms in total. The number of fused-ring (bicyclic) bond motifs is 1. The van der Waals surface area contributed by atoms with E-state index >= 15 is 0 Å². The van der Waals surface area contributed by atoms with E-state index in [-0.39, 0.29) is 0 Å². The zero-order valence-electron chi connectivity index (χ0n) is 15.4. The van der Waals surface area contributed by atoms with Crippen LogP contribution in [0, 0.1) is 13.8 Å². The van der Waals surface area contributed by atoms with Gasteiger partial charge >= 0.3 is 6.18 Å². The molecule has 0 bridgehead atoms. The third kappa shape index (κ3) is 2.93. The maximum Gasteiger partial charge on any atom is 0.416 e.